The number of halogens is 3. The molecule has 22 heavy (non-hydrogen) atoms. The van der Waals surface area contributed by atoms with Gasteiger partial charge >= 0.3 is 12.1 Å². The average molecular weight is 313 g/mol. The number of carboxylic acids is 1. The average Bonchev–Trinajstić information content (AvgIpc) is 2.73. The van der Waals surface area contributed by atoms with Crippen molar-refractivity contribution in [1.82, 2.24) is 9.55 Å². The summed E-state index contributed by atoms with van der Waals surface area (Å²) in [6.45, 7) is 0. The van der Waals surface area contributed by atoms with E-state index in [0.717, 1.165) is 16.5 Å². The topological polar surface area (TPSA) is 98.2 Å². The number of carbonyl (C=O) groups is 2. The van der Waals surface area contributed by atoms with Gasteiger partial charge in [0.15, 0.2) is 0 Å². The molecule has 2 heterocycles. The molecular weight excluding hydrogens is 303 g/mol. The number of aliphatic carboxylic acids is 1. The Labute approximate surface area is 121 Å². The van der Waals surface area contributed by atoms with Crippen LogP contribution in [0.1, 0.15) is 16.2 Å². The van der Waals surface area contributed by atoms with E-state index in [1.54, 1.807) is 16.8 Å². The summed E-state index contributed by atoms with van der Waals surface area (Å²) >= 11 is 0. The summed E-state index contributed by atoms with van der Waals surface area (Å²) in [5, 5.41) is 9.05. The van der Waals surface area contributed by atoms with Crippen LogP contribution in [0.5, 0.6) is 0 Å². The van der Waals surface area contributed by atoms with E-state index in [9.17, 15) is 18.0 Å². The molecular formula is C13H10F3N3O3. The molecule has 0 radical (unpaired) electrons. The van der Waals surface area contributed by atoms with E-state index in [0.29, 0.717) is 5.69 Å². The quantitative estimate of drug-likeness (QED) is 0.771. The van der Waals surface area contributed by atoms with Crippen molar-refractivity contribution >= 4 is 28.6 Å². The van der Waals surface area contributed by atoms with Crippen LogP contribution in [0.25, 0.3) is 16.8 Å². The Balaban J connectivity index is 0.000000217. The first-order valence-electron chi connectivity index (χ1n) is 5.89. The van der Waals surface area contributed by atoms with E-state index in [2.05, 4.69) is 4.98 Å². The largest absolute Gasteiger partial charge is 0.490 e. The molecule has 3 rings (SSSR count). The molecule has 0 aromatic carbocycles. The van der Waals surface area contributed by atoms with Crippen LogP contribution in [-0.4, -0.2) is 32.6 Å². The zero-order valence-corrected chi connectivity index (χ0v) is 11.2. The molecule has 2 aromatic rings. The molecule has 116 valence electrons. The van der Waals surface area contributed by atoms with Gasteiger partial charge in [-0.25, -0.2) is 4.79 Å². The van der Waals surface area contributed by atoms with Gasteiger partial charge in [0.25, 0.3) is 0 Å². The normalized spacial score (nSPS) is 13.5. The number of pyridine rings is 1. The van der Waals surface area contributed by atoms with Crippen molar-refractivity contribution in [2.75, 3.05) is 0 Å². The summed E-state index contributed by atoms with van der Waals surface area (Å²) in [5.74, 6) is -2.87. The number of carboxylic acid groups (broad SMARTS) is 1. The molecule has 0 atom stereocenters. The predicted molar refractivity (Wildman–Crippen MR) is 70.9 cm³/mol. The van der Waals surface area contributed by atoms with Gasteiger partial charge in [-0.05, 0) is 12.1 Å². The Morgan fingerprint density at radius 2 is 2.00 bits per heavy atom. The Morgan fingerprint density at radius 1 is 1.41 bits per heavy atom. The van der Waals surface area contributed by atoms with Crippen molar-refractivity contribution in [3.8, 4) is 0 Å². The highest BCUT2D eigenvalue weighted by Gasteiger charge is 2.38. The molecule has 0 amide bonds. The van der Waals surface area contributed by atoms with Crippen molar-refractivity contribution in [1.29, 1.82) is 0 Å². The van der Waals surface area contributed by atoms with Crippen LogP contribution < -0.4 is 5.73 Å². The van der Waals surface area contributed by atoms with Crippen molar-refractivity contribution < 1.29 is 27.9 Å². The zero-order valence-electron chi connectivity index (χ0n) is 11.2. The number of aryl methyl sites for hydroxylation is 1. The van der Waals surface area contributed by atoms with Gasteiger partial charge in [0, 0.05) is 30.2 Å². The Kier molecular flexibility index (Phi) is 3.65. The van der Waals surface area contributed by atoms with Crippen LogP contribution in [0.3, 0.4) is 0 Å². The third-order valence-electron chi connectivity index (χ3n) is 2.95. The molecule has 9 heteroatoms. The number of nitrogens with zero attached hydrogens (tertiary/aromatic N) is 2. The van der Waals surface area contributed by atoms with Crippen LogP contribution in [0, 0.1) is 0 Å². The van der Waals surface area contributed by atoms with Gasteiger partial charge in [-0.2, -0.15) is 13.2 Å². The Morgan fingerprint density at radius 3 is 2.55 bits per heavy atom. The zero-order chi connectivity index (χ0) is 16.7. The van der Waals surface area contributed by atoms with Crippen molar-refractivity contribution in [2.45, 2.75) is 6.18 Å². The lowest BCUT2D eigenvalue weighted by Crippen LogP contribution is -2.21. The molecule has 6 nitrogen and oxygen atoms in total. The Bertz CT molecular complexity index is 806. The second kappa shape index (κ2) is 5.17. The number of Topliss-reactive ketones (excluding diaryl/α,β-unsaturated/α-hetero) is 1. The van der Waals surface area contributed by atoms with Crippen molar-refractivity contribution in [2.24, 2.45) is 12.8 Å². The minimum atomic E-state index is -5.08. The summed E-state index contributed by atoms with van der Waals surface area (Å²) in [6.07, 6.45) is 0.193. The highest BCUT2D eigenvalue weighted by atomic mass is 19.4. The SMILES string of the molecule is Cn1cc2ccnc3c2c1C(=O)C(N)=C3.O=C(O)C(F)(F)F. The summed E-state index contributed by atoms with van der Waals surface area (Å²) in [5.41, 5.74) is 7.32. The van der Waals surface area contributed by atoms with Gasteiger partial charge in [0.05, 0.1) is 11.4 Å². The second-order valence-corrected chi connectivity index (χ2v) is 4.48. The number of hydrogen-bond acceptors (Lipinski definition) is 4. The molecule has 2 aromatic heterocycles. The number of hydrogen-bond donors (Lipinski definition) is 2. The number of carbonyl (C=O) groups excluding carboxylic acids is 1. The second-order valence-electron chi connectivity index (χ2n) is 4.48. The highest BCUT2D eigenvalue weighted by molar-refractivity contribution is 6.21. The van der Waals surface area contributed by atoms with Gasteiger partial charge in [-0.15, -0.1) is 0 Å². The summed E-state index contributed by atoms with van der Waals surface area (Å²) < 4.78 is 33.5. The first kappa shape index (κ1) is 15.5. The Hall–Kier alpha value is -2.84. The van der Waals surface area contributed by atoms with E-state index in [-0.39, 0.29) is 11.5 Å². The lowest BCUT2D eigenvalue weighted by molar-refractivity contribution is -0.192. The monoisotopic (exact) mass is 313 g/mol. The molecule has 0 saturated heterocycles. The highest BCUT2D eigenvalue weighted by Crippen LogP contribution is 2.29. The molecule has 0 bridgehead atoms. The number of aromatic nitrogens is 2. The molecule has 0 fully saturated rings. The molecule has 0 spiro atoms. The third kappa shape index (κ3) is 2.65. The fourth-order valence-electron chi connectivity index (χ4n) is 2.04. The number of rotatable bonds is 0. The molecule has 1 aliphatic carbocycles. The van der Waals surface area contributed by atoms with Crippen molar-refractivity contribution in [3.63, 3.8) is 0 Å². The van der Waals surface area contributed by atoms with Gasteiger partial charge < -0.3 is 15.4 Å². The summed E-state index contributed by atoms with van der Waals surface area (Å²) in [4.78, 5) is 25.0. The lowest BCUT2D eigenvalue weighted by atomic mass is 10.0. The van der Waals surface area contributed by atoms with E-state index in [1.807, 2.05) is 19.3 Å². The fraction of sp³-hybridized carbons (Fsp3) is 0.154. The fourth-order valence-corrected chi connectivity index (χ4v) is 2.04. The minimum Gasteiger partial charge on any atom is -0.475 e. The standard InChI is InChI=1S/C11H9N3O.C2HF3O2/c1-14-5-6-2-3-13-8-4-7(12)11(15)10(14)9(6)8;3-2(4,5)1(6)7/h2-5H,12H2,1H3;(H,6,7). The maximum absolute atomic E-state index is 11.8. The van der Waals surface area contributed by atoms with Gasteiger partial charge in [-0.3, -0.25) is 9.78 Å². The van der Waals surface area contributed by atoms with Gasteiger partial charge in [-0.1, -0.05) is 0 Å². The summed E-state index contributed by atoms with van der Waals surface area (Å²) in [7, 11) is 1.84. The van der Waals surface area contributed by atoms with Gasteiger partial charge in [0.2, 0.25) is 5.78 Å². The van der Waals surface area contributed by atoms with E-state index in [4.69, 9.17) is 15.6 Å². The van der Waals surface area contributed by atoms with Crippen LogP contribution in [0.2, 0.25) is 0 Å². The maximum Gasteiger partial charge on any atom is 0.490 e. The summed E-state index contributed by atoms with van der Waals surface area (Å²) in [6, 6.07) is 1.89. The first-order valence-corrected chi connectivity index (χ1v) is 5.89. The molecule has 0 saturated carbocycles. The number of allylic oxidation sites excluding steroid dienone is 1. The minimum absolute atomic E-state index is 0.118. The third-order valence-corrected chi connectivity index (χ3v) is 2.95. The van der Waals surface area contributed by atoms with Crippen LogP contribution in [-0.2, 0) is 11.8 Å². The molecule has 0 aliphatic heterocycles. The molecule has 0 unspecified atom stereocenters. The predicted octanol–water partition coefficient (Wildman–Crippen LogP) is 1.70. The number of alkyl halides is 3. The van der Waals surface area contributed by atoms with E-state index < -0.39 is 12.1 Å². The van der Waals surface area contributed by atoms with Gasteiger partial charge in [0.1, 0.15) is 5.69 Å². The molecule has 1 aliphatic rings. The smallest absolute Gasteiger partial charge is 0.475 e. The lowest BCUT2D eigenvalue weighted by Gasteiger charge is -2.10. The van der Waals surface area contributed by atoms with E-state index in [1.165, 1.54) is 0 Å². The van der Waals surface area contributed by atoms with Crippen LogP contribution in [0.4, 0.5) is 13.2 Å². The van der Waals surface area contributed by atoms with Crippen LogP contribution in [0.15, 0.2) is 24.2 Å². The van der Waals surface area contributed by atoms with Crippen LogP contribution >= 0.6 is 0 Å². The maximum atomic E-state index is 11.8. The number of nitrogens with two attached hydrogens (primary N) is 1. The first-order chi connectivity index (χ1) is 10.1. The number of ketones is 1. The van der Waals surface area contributed by atoms with Crippen molar-refractivity contribution in [3.05, 3.63) is 35.5 Å². The van der Waals surface area contributed by atoms with E-state index >= 15 is 0 Å². The molecule has 3 N–H and O–H groups in total.